The molecule has 0 saturated carbocycles. The Morgan fingerprint density at radius 2 is 1.78 bits per heavy atom. The minimum absolute atomic E-state index is 0.0497. The highest BCUT2D eigenvalue weighted by Gasteiger charge is 2.25. The molecule has 1 fully saturated rings. The Morgan fingerprint density at radius 3 is 2.48 bits per heavy atom. The van der Waals surface area contributed by atoms with Crippen molar-refractivity contribution in [1.29, 1.82) is 0 Å². The van der Waals surface area contributed by atoms with Gasteiger partial charge in [0.25, 0.3) is 5.91 Å². The largest absolute Gasteiger partial charge is 0.336 e. The van der Waals surface area contributed by atoms with Crippen LogP contribution in [0.4, 0.5) is 0 Å². The number of rotatable bonds is 3. The average Bonchev–Trinajstić information content (AvgIpc) is 3.14. The van der Waals surface area contributed by atoms with Crippen LogP contribution in [0, 0.1) is 13.8 Å². The quantitative estimate of drug-likeness (QED) is 0.780. The third kappa shape index (κ3) is 3.51. The second-order valence-electron chi connectivity index (χ2n) is 7.03. The maximum atomic E-state index is 13.3. The molecule has 3 aromatic rings. The molecule has 0 spiro atoms. The van der Waals surface area contributed by atoms with Crippen LogP contribution < -0.4 is 5.32 Å². The lowest BCUT2D eigenvalue weighted by atomic mass is 10.00. The van der Waals surface area contributed by atoms with Crippen molar-refractivity contribution in [3.05, 3.63) is 71.4 Å². The van der Waals surface area contributed by atoms with Gasteiger partial charge < -0.3 is 10.2 Å². The molecule has 0 aliphatic carbocycles. The number of nitrogens with one attached hydrogen (secondary N) is 1. The number of hydrogen-bond acceptors (Lipinski definition) is 3. The molecule has 1 aromatic heterocycles. The summed E-state index contributed by atoms with van der Waals surface area (Å²) in [7, 11) is 0. The van der Waals surface area contributed by atoms with Crippen LogP contribution >= 0.6 is 0 Å². The molecule has 1 amide bonds. The minimum atomic E-state index is 0.0497. The van der Waals surface area contributed by atoms with Crippen molar-refractivity contribution in [3.8, 4) is 16.9 Å². The number of aromatic nitrogens is 2. The predicted molar refractivity (Wildman–Crippen MR) is 107 cm³/mol. The van der Waals surface area contributed by atoms with Crippen LogP contribution in [0.2, 0.25) is 0 Å². The molecule has 1 saturated heterocycles. The highest BCUT2D eigenvalue weighted by Crippen LogP contribution is 2.28. The highest BCUT2D eigenvalue weighted by molar-refractivity contribution is 6.00. The van der Waals surface area contributed by atoms with E-state index in [0.29, 0.717) is 5.56 Å². The Bertz CT molecular complexity index is 956. The lowest BCUT2D eigenvalue weighted by Crippen LogP contribution is -2.46. The molecule has 1 N–H and O–H groups in total. The van der Waals surface area contributed by atoms with Crippen molar-refractivity contribution in [3.63, 3.8) is 0 Å². The fourth-order valence-electron chi connectivity index (χ4n) is 3.56. The number of amides is 1. The van der Waals surface area contributed by atoms with Gasteiger partial charge in [0.2, 0.25) is 0 Å². The Labute approximate surface area is 159 Å². The summed E-state index contributed by atoms with van der Waals surface area (Å²) in [6.45, 7) is 7.26. The standard InChI is InChI=1S/C22H24N4O/c1-16-8-9-19(17(2)14-16)21-20(22(27)25-12-10-23-11-13-25)15-26(24-21)18-6-4-3-5-7-18/h3-9,14-15,23H,10-13H2,1-2H3. The van der Waals surface area contributed by atoms with Crippen molar-refractivity contribution < 1.29 is 4.79 Å². The highest BCUT2D eigenvalue weighted by atomic mass is 16.2. The van der Waals surface area contributed by atoms with Gasteiger partial charge in [0, 0.05) is 37.9 Å². The van der Waals surface area contributed by atoms with Crippen LogP contribution in [0.25, 0.3) is 16.9 Å². The zero-order valence-corrected chi connectivity index (χ0v) is 15.8. The third-order valence-corrected chi connectivity index (χ3v) is 5.01. The Balaban J connectivity index is 1.82. The molecule has 1 aliphatic heterocycles. The first-order chi connectivity index (χ1) is 13.1. The molecule has 27 heavy (non-hydrogen) atoms. The van der Waals surface area contributed by atoms with Gasteiger partial charge in [-0.2, -0.15) is 5.10 Å². The molecule has 4 rings (SSSR count). The topological polar surface area (TPSA) is 50.2 Å². The zero-order chi connectivity index (χ0) is 18.8. The average molecular weight is 360 g/mol. The molecule has 5 heteroatoms. The first-order valence-electron chi connectivity index (χ1n) is 9.36. The van der Waals surface area contributed by atoms with E-state index in [1.807, 2.05) is 46.1 Å². The van der Waals surface area contributed by atoms with Gasteiger partial charge in [-0.3, -0.25) is 4.79 Å². The number of para-hydroxylation sites is 1. The van der Waals surface area contributed by atoms with Crippen molar-refractivity contribution in [2.75, 3.05) is 26.2 Å². The van der Waals surface area contributed by atoms with Gasteiger partial charge in [0.05, 0.1) is 11.3 Å². The lowest BCUT2D eigenvalue weighted by Gasteiger charge is -2.27. The number of benzene rings is 2. The summed E-state index contributed by atoms with van der Waals surface area (Å²) in [6, 6.07) is 16.2. The van der Waals surface area contributed by atoms with Crippen molar-refractivity contribution >= 4 is 5.91 Å². The first kappa shape index (κ1) is 17.5. The first-order valence-corrected chi connectivity index (χ1v) is 9.36. The summed E-state index contributed by atoms with van der Waals surface area (Å²) < 4.78 is 1.81. The van der Waals surface area contributed by atoms with Crippen LogP contribution in [0.5, 0.6) is 0 Å². The van der Waals surface area contributed by atoms with Gasteiger partial charge >= 0.3 is 0 Å². The van der Waals surface area contributed by atoms with Gasteiger partial charge in [-0.1, -0.05) is 42.0 Å². The molecular weight excluding hydrogens is 336 g/mol. The number of piperazine rings is 1. The fraction of sp³-hybridized carbons (Fsp3) is 0.273. The van der Waals surface area contributed by atoms with Crippen molar-refractivity contribution in [2.24, 2.45) is 0 Å². The number of nitrogens with zero attached hydrogens (tertiary/aromatic N) is 3. The smallest absolute Gasteiger partial charge is 0.257 e. The van der Waals surface area contributed by atoms with Crippen LogP contribution in [0.1, 0.15) is 21.5 Å². The Morgan fingerprint density at radius 1 is 1.04 bits per heavy atom. The van der Waals surface area contributed by atoms with Crippen LogP contribution in [0.3, 0.4) is 0 Å². The van der Waals surface area contributed by atoms with Crippen LogP contribution in [0.15, 0.2) is 54.7 Å². The van der Waals surface area contributed by atoms with Crippen molar-refractivity contribution in [2.45, 2.75) is 13.8 Å². The Hall–Kier alpha value is -2.92. The summed E-state index contributed by atoms with van der Waals surface area (Å²) in [4.78, 5) is 15.2. The molecule has 1 aliphatic rings. The maximum Gasteiger partial charge on any atom is 0.257 e. The summed E-state index contributed by atoms with van der Waals surface area (Å²) in [5.41, 5.74) is 5.70. The van der Waals surface area contributed by atoms with E-state index in [2.05, 4.69) is 37.4 Å². The number of carbonyl (C=O) groups is 1. The third-order valence-electron chi connectivity index (χ3n) is 5.01. The normalized spacial score (nSPS) is 14.4. The molecule has 2 aromatic carbocycles. The van der Waals surface area contributed by atoms with Crippen LogP contribution in [-0.2, 0) is 0 Å². The van der Waals surface area contributed by atoms with E-state index in [4.69, 9.17) is 5.10 Å². The van der Waals surface area contributed by atoms with E-state index in [0.717, 1.165) is 48.7 Å². The number of hydrogen-bond donors (Lipinski definition) is 1. The monoisotopic (exact) mass is 360 g/mol. The fourth-order valence-corrected chi connectivity index (χ4v) is 3.56. The van der Waals surface area contributed by atoms with Gasteiger partial charge in [0.1, 0.15) is 5.69 Å². The molecule has 0 bridgehead atoms. The predicted octanol–water partition coefficient (Wildman–Crippen LogP) is 3.20. The van der Waals surface area contributed by atoms with E-state index < -0.39 is 0 Å². The second-order valence-corrected chi connectivity index (χ2v) is 7.03. The molecule has 0 atom stereocenters. The van der Waals surface area contributed by atoms with E-state index in [-0.39, 0.29) is 5.91 Å². The second kappa shape index (κ2) is 7.37. The van der Waals surface area contributed by atoms with Crippen molar-refractivity contribution in [1.82, 2.24) is 20.0 Å². The number of aryl methyl sites for hydroxylation is 2. The lowest BCUT2D eigenvalue weighted by molar-refractivity contribution is 0.0736. The maximum absolute atomic E-state index is 13.3. The van der Waals surface area contributed by atoms with Gasteiger partial charge in [-0.05, 0) is 31.5 Å². The van der Waals surface area contributed by atoms with Crippen LogP contribution in [-0.4, -0.2) is 46.8 Å². The van der Waals surface area contributed by atoms with E-state index in [9.17, 15) is 4.79 Å². The van der Waals surface area contributed by atoms with Gasteiger partial charge in [-0.15, -0.1) is 0 Å². The van der Waals surface area contributed by atoms with Gasteiger partial charge in [0.15, 0.2) is 0 Å². The molecule has 0 unspecified atom stereocenters. The van der Waals surface area contributed by atoms with E-state index in [1.165, 1.54) is 5.56 Å². The summed E-state index contributed by atoms with van der Waals surface area (Å²) in [5, 5.41) is 8.11. The summed E-state index contributed by atoms with van der Waals surface area (Å²) in [6.07, 6.45) is 1.87. The molecule has 2 heterocycles. The molecule has 0 radical (unpaired) electrons. The molecular formula is C22H24N4O. The molecule has 138 valence electrons. The SMILES string of the molecule is Cc1ccc(-c2nn(-c3ccccc3)cc2C(=O)N2CCNCC2)c(C)c1. The van der Waals surface area contributed by atoms with Gasteiger partial charge in [-0.25, -0.2) is 4.68 Å². The summed E-state index contributed by atoms with van der Waals surface area (Å²) in [5.74, 6) is 0.0497. The van der Waals surface area contributed by atoms with E-state index >= 15 is 0 Å². The number of carbonyl (C=O) groups excluding carboxylic acids is 1. The zero-order valence-electron chi connectivity index (χ0n) is 15.8. The summed E-state index contributed by atoms with van der Waals surface area (Å²) >= 11 is 0. The minimum Gasteiger partial charge on any atom is -0.336 e. The molecule has 5 nitrogen and oxygen atoms in total. The van der Waals surface area contributed by atoms with E-state index in [1.54, 1.807) is 0 Å². The Kier molecular flexibility index (Phi) is 4.77.